The molecule has 2 atom stereocenters. The molecule has 0 radical (unpaired) electrons. The number of hydrogen-bond donors (Lipinski definition) is 0. The van der Waals surface area contributed by atoms with Gasteiger partial charge in [-0.3, -0.25) is 0 Å². The van der Waals surface area contributed by atoms with Crippen LogP contribution >= 0.6 is 0 Å². The van der Waals surface area contributed by atoms with Gasteiger partial charge in [0.25, 0.3) is 0 Å². The smallest absolute Gasteiger partial charge is 0.384 e. The fraction of sp³-hybridized carbons (Fsp3) is 0.500. The van der Waals surface area contributed by atoms with E-state index < -0.39 is 97.7 Å². The Balaban J connectivity index is 6.53. The van der Waals surface area contributed by atoms with Crippen LogP contribution in [-0.4, -0.2) is 84.8 Å². The van der Waals surface area contributed by atoms with Crippen LogP contribution in [0.1, 0.15) is 12.8 Å². The third-order valence-electron chi connectivity index (χ3n) is 5.13. The molecule has 250 valence electrons. The molecule has 0 saturated heterocycles. The van der Waals surface area contributed by atoms with E-state index >= 15 is 0 Å². The summed E-state index contributed by atoms with van der Waals surface area (Å²) < 4.78 is 189. The Morgan fingerprint density at radius 3 is 0.955 bits per heavy atom. The molecule has 0 fully saturated rings. The topological polar surface area (TPSA) is 105 Å². The summed E-state index contributed by atoms with van der Waals surface area (Å²) in [5, 5.41) is 0. The third kappa shape index (κ3) is 8.77. The van der Waals surface area contributed by atoms with Gasteiger partial charge in [-0.15, -0.1) is 0 Å². The van der Waals surface area contributed by atoms with E-state index in [0.717, 1.165) is 0 Å². The van der Waals surface area contributed by atoms with Crippen LogP contribution in [0.4, 0.5) is 52.7 Å². The zero-order valence-electron chi connectivity index (χ0n) is 21.9. The fourth-order valence-corrected chi connectivity index (χ4v) is 2.84. The summed E-state index contributed by atoms with van der Waals surface area (Å²) in [6, 6.07) is 0. The molecular formula is C24H22F12O8. The van der Waals surface area contributed by atoms with E-state index in [1.807, 2.05) is 0 Å². The van der Waals surface area contributed by atoms with Crippen molar-refractivity contribution in [3.05, 3.63) is 50.6 Å². The van der Waals surface area contributed by atoms with Crippen LogP contribution in [0.3, 0.4) is 0 Å². The van der Waals surface area contributed by atoms with Gasteiger partial charge in [0.05, 0.1) is 12.8 Å². The average molecular weight is 666 g/mol. The van der Waals surface area contributed by atoms with Crippen molar-refractivity contribution >= 4 is 23.9 Å². The van der Waals surface area contributed by atoms with Gasteiger partial charge in [0.15, 0.2) is 0 Å². The lowest BCUT2D eigenvalue weighted by molar-refractivity contribution is -0.427. The van der Waals surface area contributed by atoms with Gasteiger partial charge in [-0.1, -0.05) is 26.3 Å². The summed E-state index contributed by atoms with van der Waals surface area (Å²) in [5.41, 5.74) is 0. The Morgan fingerprint density at radius 1 is 0.477 bits per heavy atom. The van der Waals surface area contributed by atoms with Gasteiger partial charge in [-0.25, -0.2) is 19.2 Å². The number of alkyl halides is 12. The van der Waals surface area contributed by atoms with Crippen molar-refractivity contribution in [1.82, 2.24) is 0 Å². The summed E-state index contributed by atoms with van der Waals surface area (Å²) in [6.45, 7) is 8.05. The van der Waals surface area contributed by atoms with Gasteiger partial charge >= 0.3 is 59.4 Å². The summed E-state index contributed by atoms with van der Waals surface area (Å²) in [4.78, 5) is 44.8. The average Bonchev–Trinajstić information content (AvgIpc) is 2.92. The minimum atomic E-state index is -8.01. The Kier molecular flexibility index (Phi) is 13.3. The van der Waals surface area contributed by atoms with Crippen LogP contribution in [0.25, 0.3) is 0 Å². The van der Waals surface area contributed by atoms with Crippen molar-refractivity contribution in [3.63, 3.8) is 0 Å². The number of hydrogen-bond acceptors (Lipinski definition) is 8. The van der Waals surface area contributed by atoms with Crippen molar-refractivity contribution < 1.29 is 90.8 Å². The predicted molar refractivity (Wildman–Crippen MR) is 121 cm³/mol. The van der Waals surface area contributed by atoms with Crippen molar-refractivity contribution in [1.29, 1.82) is 0 Å². The summed E-state index contributed by atoms with van der Waals surface area (Å²) in [6.07, 6.45) is -10.3. The second-order valence-electron chi connectivity index (χ2n) is 8.31. The Labute approximate surface area is 239 Å². The highest BCUT2D eigenvalue weighted by Gasteiger charge is 2.90. The summed E-state index contributed by atoms with van der Waals surface area (Å²) in [5.74, 6) is -50.8. The minimum Gasteiger partial charge on any atom is -0.459 e. The van der Waals surface area contributed by atoms with Gasteiger partial charge in [0.1, 0.15) is 25.4 Å². The molecule has 0 N–H and O–H groups in total. The van der Waals surface area contributed by atoms with Crippen molar-refractivity contribution in [2.45, 2.75) is 60.6 Å². The molecule has 0 saturated carbocycles. The SMILES string of the molecule is C=CC(=O)OCC(CC(F)(F)C(F)(F)C(F)(F)C(F)(F)C(F)(F)C(F)(F)CC(COC(=O)C=C)OC(=O)C=C)OC(=O)C=C. The maximum atomic E-state index is 14.4. The van der Waals surface area contributed by atoms with Crippen LogP contribution < -0.4 is 0 Å². The molecule has 0 aliphatic heterocycles. The molecule has 0 amide bonds. The fourth-order valence-electron chi connectivity index (χ4n) is 2.84. The van der Waals surface area contributed by atoms with Crippen molar-refractivity contribution in [2.24, 2.45) is 0 Å². The molecule has 0 aromatic rings. The van der Waals surface area contributed by atoms with E-state index in [-0.39, 0.29) is 12.2 Å². The zero-order chi connectivity index (χ0) is 34.9. The number of rotatable bonds is 19. The number of carbonyl (C=O) groups is 4. The van der Waals surface area contributed by atoms with Gasteiger partial charge in [0.2, 0.25) is 0 Å². The first-order valence-electron chi connectivity index (χ1n) is 11.3. The first-order chi connectivity index (χ1) is 19.8. The van der Waals surface area contributed by atoms with E-state index in [9.17, 15) is 71.9 Å². The van der Waals surface area contributed by atoms with E-state index in [1.54, 1.807) is 0 Å². The summed E-state index contributed by atoms with van der Waals surface area (Å²) in [7, 11) is 0. The number of carbonyl (C=O) groups excluding carboxylic acids is 4. The second kappa shape index (κ2) is 14.7. The molecule has 0 rings (SSSR count). The number of halogens is 12. The maximum absolute atomic E-state index is 14.4. The highest BCUT2D eigenvalue weighted by molar-refractivity contribution is 5.82. The van der Waals surface area contributed by atoms with Gasteiger partial charge in [-0.2, -0.15) is 52.7 Å². The minimum absolute atomic E-state index is 0.210. The molecular weight excluding hydrogens is 644 g/mol. The molecule has 0 aromatic carbocycles. The van der Waals surface area contributed by atoms with Crippen molar-refractivity contribution in [3.8, 4) is 0 Å². The molecule has 20 heteroatoms. The lowest BCUT2D eigenvalue weighted by Crippen LogP contribution is -2.71. The van der Waals surface area contributed by atoms with Gasteiger partial charge < -0.3 is 18.9 Å². The molecule has 8 nitrogen and oxygen atoms in total. The van der Waals surface area contributed by atoms with Crippen molar-refractivity contribution in [2.75, 3.05) is 13.2 Å². The molecule has 0 spiro atoms. The first kappa shape index (κ1) is 40.0. The quantitative estimate of drug-likeness (QED) is 0.0799. The van der Waals surface area contributed by atoms with Crippen LogP contribution in [0.5, 0.6) is 0 Å². The van der Waals surface area contributed by atoms with E-state index in [2.05, 4.69) is 45.3 Å². The van der Waals surface area contributed by atoms with Gasteiger partial charge in [-0.05, 0) is 0 Å². The lowest BCUT2D eigenvalue weighted by atomic mass is 9.88. The predicted octanol–water partition coefficient (Wildman–Crippen LogP) is 5.23. The van der Waals surface area contributed by atoms with E-state index in [4.69, 9.17) is 0 Å². The van der Waals surface area contributed by atoms with Gasteiger partial charge in [0, 0.05) is 24.3 Å². The number of esters is 4. The van der Waals surface area contributed by atoms with Crippen LogP contribution in [-0.2, 0) is 38.1 Å². The lowest BCUT2D eigenvalue weighted by Gasteiger charge is -2.42. The highest BCUT2D eigenvalue weighted by Crippen LogP contribution is 2.61. The number of ether oxygens (including phenoxy) is 4. The van der Waals surface area contributed by atoms with Crippen LogP contribution in [0.15, 0.2) is 50.6 Å². The normalized spacial score (nSPS) is 14.4. The van der Waals surface area contributed by atoms with Crippen LogP contribution in [0, 0.1) is 0 Å². The van der Waals surface area contributed by atoms with E-state index in [1.165, 1.54) is 0 Å². The molecule has 0 aromatic heterocycles. The highest BCUT2D eigenvalue weighted by atomic mass is 19.4. The van der Waals surface area contributed by atoms with Crippen LogP contribution in [0.2, 0.25) is 0 Å². The molecule has 2 unspecified atom stereocenters. The maximum Gasteiger partial charge on any atom is 0.384 e. The largest absolute Gasteiger partial charge is 0.459 e. The Bertz CT molecular complexity index is 1030. The van der Waals surface area contributed by atoms with E-state index in [0.29, 0.717) is 12.2 Å². The third-order valence-corrected chi connectivity index (χ3v) is 5.13. The first-order valence-corrected chi connectivity index (χ1v) is 11.3. The second-order valence-corrected chi connectivity index (χ2v) is 8.31. The molecule has 44 heavy (non-hydrogen) atoms. The standard InChI is InChI=1S/C24H22F12O8/c1-5-15(37)41-11-13(43-17(39)7-3)9-19(25,26)21(29,30)23(33,34)24(35,36)22(31,32)20(27,28)10-14(44-18(40)8-4)12-42-16(38)6-2/h5-8,13-14H,1-4,9-12H2. The molecule has 0 bridgehead atoms. The Hall–Kier alpha value is -4.00. The monoisotopic (exact) mass is 666 g/mol. The molecule has 0 aliphatic rings. The molecule has 0 aliphatic carbocycles. The molecule has 0 heterocycles. The summed E-state index contributed by atoms with van der Waals surface area (Å²) >= 11 is 0. The Morgan fingerprint density at radius 2 is 0.727 bits per heavy atom. The zero-order valence-corrected chi connectivity index (χ0v) is 21.9.